The van der Waals surface area contributed by atoms with Crippen LogP contribution in [0.2, 0.25) is 0 Å². The van der Waals surface area contributed by atoms with Crippen LogP contribution in [0.5, 0.6) is 0 Å². The molecule has 0 radical (unpaired) electrons. The standard InChI is InChI=1S/C12H25NO2/c1-4-5-8-13-12(14)10-15-9-6-7-11(2)3/h11H,4-10H2,1-3H3,(H,13,14). The predicted octanol–water partition coefficient (Wildman–Crippen LogP) is 2.36. The molecule has 0 aliphatic heterocycles. The maximum Gasteiger partial charge on any atom is 0.245 e. The third kappa shape index (κ3) is 11.4. The van der Waals surface area contributed by atoms with Gasteiger partial charge in [0.2, 0.25) is 5.91 Å². The second-order valence-electron chi connectivity index (χ2n) is 4.29. The van der Waals surface area contributed by atoms with Crippen molar-refractivity contribution in [2.45, 2.75) is 46.5 Å². The fraction of sp³-hybridized carbons (Fsp3) is 0.917. The van der Waals surface area contributed by atoms with Crippen LogP contribution in [-0.2, 0) is 9.53 Å². The van der Waals surface area contributed by atoms with Crippen LogP contribution in [0, 0.1) is 5.92 Å². The van der Waals surface area contributed by atoms with Crippen molar-refractivity contribution in [3.05, 3.63) is 0 Å². The molecule has 0 aromatic heterocycles. The van der Waals surface area contributed by atoms with Crippen molar-refractivity contribution in [3.8, 4) is 0 Å². The number of hydrogen-bond acceptors (Lipinski definition) is 2. The smallest absolute Gasteiger partial charge is 0.245 e. The van der Waals surface area contributed by atoms with E-state index in [4.69, 9.17) is 4.74 Å². The lowest BCUT2D eigenvalue weighted by Crippen LogP contribution is -2.28. The van der Waals surface area contributed by atoms with Gasteiger partial charge in [0.1, 0.15) is 6.61 Å². The zero-order valence-electron chi connectivity index (χ0n) is 10.3. The van der Waals surface area contributed by atoms with Gasteiger partial charge in [0.05, 0.1) is 0 Å². The van der Waals surface area contributed by atoms with Gasteiger partial charge in [-0.2, -0.15) is 0 Å². The molecule has 0 aromatic rings. The topological polar surface area (TPSA) is 38.3 Å². The fourth-order valence-corrected chi connectivity index (χ4v) is 1.21. The van der Waals surface area contributed by atoms with E-state index in [9.17, 15) is 4.79 Å². The Labute approximate surface area is 93.6 Å². The van der Waals surface area contributed by atoms with Gasteiger partial charge in [0.25, 0.3) is 0 Å². The third-order valence-electron chi connectivity index (χ3n) is 2.16. The SMILES string of the molecule is CCCCNC(=O)COCCCC(C)C. The van der Waals surface area contributed by atoms with E-state index in [0.717, 1.165) is 32.2 Å². The van der Waals surface area contributed by atoms with Crippen LogP contribution in [0.3, 0.4) is 0 Å². The number of carbonyl (C=O) groups excluding carboxylic acids is 1. The molecule has 0 unspecified atom stereocenters. The first-order valence-electron chi connectivity index (χ1n) is 6.01. The summed E-state index contributed by atoms with van der Waals surface area (Å²) in [5.74, 6) is 0.722. The first-order chi connectivity index (χ1) is 7.16. The summed E-state index contributed by atoms with van der Waals surface area (Å²) in [7, 11) is 0. The van der Waals surface area contributed by atoms with Crippen molar-refractivity contribution >= 4 is 5.91 Å². The molecule has 0 rings (SSSR count). The van der Waals surface area contributed by atoms with Gasteiger partial charge in [-0.1, -0.05) is 27.2 Å². The van der Waals surface area contributed by atoms with Crippen LogP contribution in [-0.4, -0.2) is 25.7 Å². The van der Waals surface area contributed by atoms with Crippen LogP contribution in [0.4, 0.5) is 0 Å². The Hall–Kier alpha value is -0.570. The minimum atomic E-state index is 0.00740. The first kappa shape index (κ1) is 14.4. The van der Waals surface area contributed by atoms with E-state index in [1.165, 1.54) is 0 Å². The monoisotopic (exact) mass is 215 g/mol. The number of unbranched alkanes of at least 4 members (excludes halogenated alkanes) is 1. The summed E-state index contributed by atoms with van der Waals surface area (Å²) >= 11 is 0. The van der Waals surface area contributed by atoms with Crippen molar-refractivity contribution in [3.63, 3.8) is 0 Å². The van der Waals surface area contributed by atoms with Gasteiger partial charge in [0, 0.05) is 13.2 Å². The van der Waals surface area contributed by atoms with Gasteiger partial charge in [-0.25, -0.2) is 0 Å². The maximum absolute atomic E-state index is 11.2. The van der Waals surface area contributed by atoms with E-state index in [2.05, 4.69) is 26.1 Å². The fourth-order valence-electron chi connectivity index (χ4n) is 1.21. The van der Waals surface area contributed by atoms with Gasteiger partial charge in [-0.15, -0.1) is 0 Å². The quantitative estimate of drug-likeness (QED) is 0.600. The summed E-state index contributed by atoms with van der Waals surface area (Å²) < 4.78 is 5.26. The molecule has 0 bridgehead atoms. The molecule has 1 amide bonds. The number of amides is 1. The highest BCUT2D eigenvalue weighted by Crippen LogP contribution is 2.02. The van der Waals surface area contributed by atoms with Crippen LogP contribution in [0.1, 0.15) is 46.5 Å². The van der Waals surface area contributed by atoms with Crippen molar-refractivity contribution in [2.75, 3.05) is 19.8 Å². The second kappa shape index (κ2) is 9.97. The van der Waals surface area contributed by atoms with E-state index in [1.54, 1.807) is 0 Å². The van der Waals surface area contributed by atoms with Crippen LogP contribution in [0.15, 0.2) is 0 Å². The summed E-state index contributed by atoms with van der Waals surface area (Å²) in [6.07, 6.45) is 4.35. The summed E-state index contributed by atoms with van der Waals surface area (Å²) in [5, 5.41) is 2.82. The Bertz CT molecular complexity index is 158. The molecule has 3 heteroatoms. The van der Waals surface area contributed by atoms with E-state index >= 15 is 0 Å². The summed E-state index contributed by atoms with van der Waals surface area (Å²) in [6, 6.07) is 0. The molecule has 3 nitrogen and oxygen atoms in total. The highest BCUT2D eigenvalue weighted by Gasteiger charge is 2.00. The molecule has 1 N–H and O–H groups in total. The summed E-state index contributed by atoms with van der Waals surface area (Å²) in [4.78, 5) is 11.2. The largest absolute Gasteiger partial charge is 0.372 e. The maximum atomic E-state index is 11.2. The Kier molecular flexibility index (Phi) is 9.59. The van der Waals surface area contributed by atoms with Gasteiger partial charge in [0.15, 0.2) is 0 Å². The molecule has 0 atom stereocenters. The number of rotatable bonds is 9. The molecule has 0 heterocycles. The number of nitrogens with one attached hydrogen (secondary N) is 1. The normalized spacial score (nSPS) is 10.7. The van der Waals surface area contributed by atoms with Gasteiger partial charge >= 0.3 is 0 Å². The molecule has 0 aliphatic carbocycles. The van der Waals surface area contributed by atoms with Crippen LogP contribution < -0.4 is 5.32 Å². The van der Waals surface area contributed by atoms with E-state index in [1.807, 2.05) is 0 Å². The Morgan fingerprint density at radius 2 is 2.07 bits per heavy atom. The van der Waals surface area contributed by atoms with E-state index in [-0.39, 0.29) is 12.5 Å². The Morgan fingerprint density at radius 1 is 1.33 bits per heavy atom. The zero-order valence-corrected chi connectivity index (χ0v) is 10.3. The second-order valence-corrected chi connectivity index (χ2v) is 4.29. The van der Waals surface area contributed by atoms with Gasteiger partial charge in [-0.3, -0.25) is 4.79 Å². The minimum absolute atomic E-state index is 0.00740. The molecular formula is C12H25NO2. The predicted molar refractivity (Wildman–Crippen MR) is 62.8 cm³/mol. The lowest BCUT2D eigenvalue weighted by atomic mass is 10.1. The van der Waals surface area contributed by atoms with Gasteiger partial charge in [-0.05, 0) is 25.2 Å². The van der Waals surface area contributed by atoms with E-state index < -0.39 is 0 Å². The van der Waals surface area contributed by atoms with Crippen molar-refractivity contribution in [1.29, 1.82) is 0 Å². The van der Waals surface area contributed by atoms with Crippen molar-refractivity contribution < 1.29 is 9.53 Å². The summed E-state index contributed by atoms with van der Waals surface area (Å²) in [5.41, 5.74) is 0. The van der Waals surface area contributed by atoms with Gasteiger partial charge < -0.3 is 10.1 Å². The molecule has 0 saturated carbocycles. The number of ether oxygens (including phenoxy) is 1. The number of carbonyl (C=O) groups is 1. The van der Waals surface area contributed by atoms with E-state index in [0.29, 0.717) is 12.5 Å². The lowest BCUT2D eigenvalue weighted by Gasteiger charge is -2.06. The lowest BCUT2D eigenvalue weighted by molar-refractivity contribution is -0.125. The Balaban J connectivity index is 3.17. The third-order valence-corrected chi connectivity index (χ3v) is 2.16. The van der Waals surface area contributed by atoms with Crippen LogP contribution >= 0.6 is 0 Å². The average molecular weight is 215 g/mol. The zero-order chi connectivity index (χ0) is 11.5. The molecule has 0 aliphatic rings. The molecule has 15 heavy (non-hydrogen) atoms. The highest BCUT2D eigenvalue weighted by molar-refractivity contribution is 5.77. The summed E-state index contributed by atoms with van der Waals surface area (Å²) in [6.45, 7) is 8.16. The average Bonchev–Trinajstić information content (AvgIpc) is 2.17. The molecule has 0 spiro atoms. The first-order valence-corrected chi connectivity index (χ1v) is 6.01. The molecular weight excluding hydrogens is 190 g/mol. The molecule has 90 valence electrons. The molecule has 0 fully saturated rings. The Morgan fingerprint density at radius 3 is 2.67 bits per heavy atom. The molecule has 0 saturated heterocycles. The van der Waals surface area contributed by atoms with Crippen LogP contribution in [0.25, 0.3) is 0 Å². The highest BCUT2D eigenvalue weighted by atomic mass is 16.5. The number of hydrogen-bond donors (Lipinski definition) is 1. The minimum Gasteiger partial charge on any atom is -0.372 e. The van der Waals surface area contributed by atoms with Crippen molar-refractivity contribution in [1.82, 2.24) is 5.32 Å². The van der Waals surface area contributed by atoms with Crippen molar-refractivity contribution in [2.24, 2.45) is 5.92 Å². The molecule has 0 aromatic carbocycles.